The zero-order valence-electron chi connectivity index (χ0n) is 10.3. The van der Waals surface area contributed by atoms with Gasteiger partial charge in [-0.05, 0) is 19.1 Å². The highest BCUT2D eigenvalue weighted by molar-refractivity contribution is 8.02. The minimum atomic E-state index is -0.569. The molecule has 0 bridgehead atoms. The molecular formula is C12H18N2O2S. The third kappa shape index (κ3) is 3.97. The van der Waals surface area contributed by atoms with Crippen LogP contribution in [0, 0.1) is 11.3 Å². The van der Waals surface area contributed by atoms with Gasteiger partial charge in [0.15, 0.2) is 5.57 Å². The maximum absolute atomic E-state index is 11.4. The van der Waals surface area contributed by atoms with Gasteiger partial charge >= 0.3 is 5.97 Å². The Balaban J connectivity index is 2.77. The van der Waals surface area contributed by atoms with Gasteiger partial charge < -0.3 is 10.1 Å². The minimum absolute atomic E-state index is 0.0746. The van der Waals surface area contributed by atoms with Gasteiger partial charge in [-0.1, -0.05) is 19.3 Å². The topological polar surface area (TPSA) is 62.1 Å². The van der Waals surface area contributed by atoms with E-state index in [4.69, 9.17) is 5.26 Å². The van der Waals surface area contributed by atoms with Crippen LogP contribution in [0.25, 0.3) is 0 Å². The molecule has 1 rings (SSSR count). The third-order valence-electron chi connectivity index (χ3n) is 2.87. The number of hydrogen-bond acceptors (Lipinski definition) is 5. The van der Waals surface area contributed by atoms with Gasteiger partial charge in [0.05, 0.1) is 12.1 Å². The summed E-state index contributed by atoms with van der Waals surface area (Å²) in [6, 6.07) is 2.29. The highest BCUT2D eigenvalue weighted by atomic mass is 32.2. The second-order valence-electron chi connectivity index (χ2n) is 3.99. The molecule has 94 valence electrons. The number of carbonyl (C=O) groups is 1. The van der Waals surface area contributed by atoms with Gasteiger partial charge in [-0.2, -0.15) is 5.26 Å². The second kappa shape index (κ2) is 7.23. The van der Waals surface area contributed by atoms with Crippen molar-refractivity contribution in [2.24, 2.45) is 0 Å². The summed E-state index contributed by atoms with van der Waals surface area (Å²) in [6.07, 6.45) is 7.75. The zero-order valence-corrected chi connectivity index (χ0v) is 11.1. The van der Waals surface area contributed by atoms with Crippen LogP contribution in [0.5, 0.6) is 0 Å². The van der Waals surface area contributed by atoms with Gasteiger partial charge in [0, 0.05) is 6.04 Å². The van der Waals surface area contributed by atoms with E-state index in [1.807, 2.05) is 12.3 Å². The fraction of sp³-hybridized carbons (Fsp3) is 0.667. The summed E-state index contributed by atoms with van der Waals surface area (Å²) in [5.41, 5.74) is 0.0746. The van der Waals surface area contributed by atoms with Crippen LogP contribution in [-0.2, 0) is 9.53 Å². The molecule has 4 nitrogen and oxygen atoms in total. The van der Waals surface area contributed by atoms with Crippen LogP contribution in [0.15, 0.2) is 10.6 Å². The van der Waals surface area contributed by atoms with E-state index in [2.05, 4.69) is 10.1 Å². The van der Waals surface area contributed by atoms with Crippen molar-refractivity contribution in [3.8, 4) is 6.07 Å². The van der Waals surface area contributed by atoms with Gasteiger partial charge in [0.25, 0.3) is 0 Å². The molecule has 0 aromatic heterocycles. The number of nitrogens with zero attached hydrogens (tertiary/aromatic N) is 1. The number of carbonyl (C=O) groups excluding carboxylic acids is 1. The van der Waals surface area contributed by atoms with Crippen molar-refractivity contribution in [1.82, 2.24) is 5.32 Å². The molecule has 1 aliphatic rings. The van der Waals surface area contributed by atoms with Gasteiger partial charge in [-0.25, -0.2) is 4.79 Å². The lowest BCUT2D eigenvalue weighted by atomic mass is 9.96. The smallest absolute Gasteiger partial charge is 0.351 e. The van der Waals surface area contributed by atoms with E-state index < -0.39 is 5.97 Å². The maximum Gasteiger partial charge on any atom is 0.351 e. The van der Waals surface area contributed by atoms with Crippen LogP contribution >= 0.6 is 11.8 Å². The van der Waals surface area contributed by atoms with Crippen LogP contribution in [0.2, 0.25) is 0 Å². The van der Waals surface area contributed by atoms with E-state index in [0.717, 1.165) is 12.8 Å². The molecule has 0 radical (unpaired) electrons. The first kappa shape index (κ1) is 13.9. The first-order valence-corrected chi connectivity index (χ1v) is 6.98. The molecule has 1 saturated carbocycles. The van der Waals surface area contributed by atoms with E-state index in [1.165, 1.54) is 38.1 Å². The van der Waals surface area contributed by atoms with Gasteiger partial charge in [0.2, 0.25) is 0 Å². The number of ether oxygens (including phenoxy) is 1. The summed E-state index contributed by atoms with van der Waals surface area (Å²) in [5.74, 6) is -0.569. The highest BCUT2D eigenvalue weighted by Gasteiger charge is 2.19. The Hall–Kier alpha value is -1.15. The Kier molecular flexibility index (Phi) is 5.92. The summed E-state index contributed by atoms with van der Waals surface area (Å²) >= 11 is 1.39. The van der Waals surface area contributed by atoms with Crippen LogP contribution in [-0.4, -0.2) is 25.4 Å². The predicted molar refractivity (Wildman–Crippen MR) is 68.2 cm³/mol. The standard InChI is InChI=1S/C12H18N2O2S/c1-16-12(15)10(8-13)11(17-2)14-9-6-4-3-5-7-9/h9,14H,3-7H2,1-2H3/b11-10-. The fourth-order valence-electron chi connectivity index (χ4n) is 1.96. The van der Waals surface area contributed by atoms with Crippen molar-refractivity contribution >= 4 is 17.7 Å². The lowest BCUT2D eigenvalue weighted by molar-refractivity contribution is -0.135. The van der Waals surface area contributed by atoms with E-state index in [9.17, 15) is 4.79 Å². The Labute approximate surface area is 106 Å². The minimum Gasteiger partial charge on any atom is -0.465 e. The van der Waals surface area contributed by atoms with E-state index in [0.29, 0.717) is 11.1 Å². The molecule has 0 atom stereocenters. The van der Waals surface area contributed by atoms with Crippen molar-refractivity contribution in [3.05, 3.63) is 10.6 Å². The number of hydrogen-bond donors (Lipinski definition) is 1. The average molecular weight is 254 g/mol. The highest BCUT2D eigenvalue weighted by Crippen LogP contribution is 2.22. The van der Waals surface area contributed by atoms with Crippen LogP contribution in [0.4, 0.5) is 0 Å². The molecular weight excluding hydrogens is 236 g/mol. The van der Waals surface area contributed by atoms with Crippen molar-refractivity contribution in [3.63, 3.8) is 0 Å². The Morgan fingerprint density at radius 1 is 1.41 bits per heavy atom. The van der Waals surface area contributed by atoms with Crippen LogP contribution in [0.3, 0.4) is 0 Å². The normalized spacial score (nSPS) is 17.9. The molecule has 1 N–H and O–H groups in total. The summed E-state index contributed by atoms with van der Waals surface area (Å²) in [4.78, 5) is 11.4. The molecule has 0 aromatic rings. The first-order valence-electron chi connectivity index (χ1n) is 5.76. The molecule has 1 fully saturated rings. The Bertz CT molecular complexity index is 341. The van der Waals surface area contributed by atoms with E-state index in [1.54, 1.807) is 0 Å². The Morgan fingerprint density at radius 3 is 2.53 bits per heavy atom. The molecule has 0 unspecified atom stereocenters. The monoisotopic (exact) mass is 254 g/mol. The van der Waals surface area contributed by atoms with Crippen molar-refractivity contribution in [2.75, 3.05) is 13.4 Å². The number of esters is 1. The quantitative estimate of drug-likeness (QED) is 0.473. The molecule has 0 amide bonds. The number of nitriles is 1. The fourth-order valence-corrected chi connectivity index (χ4v) is 2.57. The molecule has 0 heterocycles. The zero-order chi connectivity index (χ0) is 12.7. The summed E-state index contributed by atoms with van der Waals surface area (Å²) in [7, 11) is 1.29. The first-order chi connectivity index (χ1) is 8.22. The van der Waals surface area contributed by atoms with Gasteiger partial charge in [-0.15, -0.1) is 11.8 Å². The van der Waals surface area contributed by atoms with E-state index >= 15 is 0 Å². The number of nitrogens with one attached hydrogen (secondary N) is 1. The van der Waals surface area contributed by atoms with Crippen molar-refractivity contribution in [1.29, 1.82) is 5.26 Å². The SMILES string of the molecule is COC(=O)/C(C#N)=C(/NC1CCCCC1)SC. The molecule has 5 heteroatoms. The van der Waals surface area contributed by atoms with Gasteiger partial charge in [-0.3, -0.25) is 0 Å². The summed E-state index contributed by atoms with van der Waals surface area (Å²) < 4.78 is 4.60. The average Bonchev–Trinajstić information content (AvgIpc) is 2.39. The maximum atomic E-state index is 11.4. The predicted octanol–water partition coefficient (Wildman–Crippen LogP) is 2.18. The van der Waals surface area contributed by atoms with Gasteiger partial charge in [0.1, 0.15) is 6.07 Å². The van der Waals surface area contributed by atoms with Crippen LogP contribution < -0.4 is 5.32 Å². The molecule has 0 aromatic carbocycles. The molecule has 1 aliphatic carbocycles. The number of rotatable bonds is 4. The summed E-state index contributed by atoms with van der Waals surface area (Å²) in [6.45, 7) is 0. The number of methoxy groups -OCH3 is 1. The third-order valence-corrected chi connectivity index (χ3v) is 3.60. The van der Waals surface area contributed by atoms with Crippen LogP contribution in [0.1, 0.15) is 32.1 Å². The summed E-state index contributed by atoms with van der Waals surface area (Å²) in [5, 5.41) is 12.9. The molecule has 0 aliphatic heterocycles. The largest absolute Gasteiger partial charge is 0.465 e. The Morgan fingerprint density at radius 2 is 2.06 bits per heavy atom. The number of thioether (sulfide) groups is 1. The second-order valence-corrected chi connectivity index (χ2v) is 4.81. The van der Waals surface area contributed by atoms with Crippen molar-refractivity contribution in [2.45, 2.75) is 38.1 Å². The van der Waals surface area contributed by atoms with Crippen molar-refractivity contribution < 1.29 is 9.53 Å². The molecule has 0 spiro atoms. The molecule has 17 heavy (non-hydrogen) atoms. The van der Waals surface area contributed by atoms with E-state index in [-0.39, 0.29) is 5.57 Å². The lowest BCUT2D eigenvalue weighted by Crippen LogP contribution is -2.31. The molecule has 0 saturated heterocycles. The lowest BCUT2D eigenvalue weighted by Gasteiger charge is -2.24.